The SMILES string of the molecule is Cc1cc(C)cc(NC(=O)CN2C(=O)S/C(=C/c3ccc(OCc4ccc([N+](=O)[O-])cc4)cc3)C2=O)c1. The van der Waals surface area contributed by atoms with Gasteiger partial charge in [0.05, 0.1) is 9.83 Å². The third kappa shape index (κ3) is 6.62. The van der Waals surface area contributed by atoms with E-state index >= 15 is 0 Å². The number of rotatable bonds is 8. The highest BCUT2D eigenvalue weighted by molar-refractivity contribution is 8.18. The van der Waals surface area contributed by atoms with Crippen molar-refractivity contribution in [1.29, 1.82) is 0 Å². The van der Waals surface area contributed by atoms with Crippen LogP contribution in [0.3, 0.4) is 0 Å². The minimum atomic E-state index is -0.524. The largest absolute Gasteiger partial charge is 0.489 e. The Bertz CT molecular complexity index is 1380. The Hall–Kier alpha value is -4.44. The van der Waals surface area contributed by atoms with Gasteiger partial charge < -0.3 is 10.1 Å². The van der Waals surface area contributed by atoms with E-state index in [-0.39, 0.29) is 23.7 Å². The number of anilines is 1. The molecule has 3 aromatic rings. The second-order valence-corrected chi connectivity index (χ2v) is 9.47. The molecule has 9 nitrogen and oxygen atoms in total. The summed E-state index contributed by atoms with van der Waals surface area (Å²) in [5.74, 6) is -0.404. The standard InChI is InChI=1S/C27H23N3O6S/c1-17-11-18(2)13-21(12-17)28-25(31)15-29-26(32)24(37-27(29)33)14-19-5-9-23(10-6-19)36-16-20-3-7-22(8-4-20)30(34)35/h3-14H,15-16H2,1-2H3,(H,28,31)/b24-14+. The van der Waals surface area contributed by atoms with Gasteiger partial charge in [0.25, 0.3) is 16.8 Å². The number of benzene rings is 3. The van der Waals surface area contributed by atoms with Crippen molar-refractivity contribution in [1.82, 2.24) is 4.90 Å². The molecule has 3 aromatic carbocycles. The Morgan fingerprint density at radius 2 is 1.68 bits per heavy atom. The third-order valence-electron chi connectivity index (χ3n) is 5.41. The molecule has 0 atom stereocenters. The molecule has 0 saturated carbocycles. The molecule has 4 rings (SSSR count). The first kappa shape index (κ1) is 25.6. The van der Waals surface area contributed by atoms with E-state index in [9.17, 15) is 24.5 Å². The molecule has 0 radical (unpaired) electrons. The predicted octanol–water partition coefficient (Wildman–Crippen LogP) is 5.47. The van der Waals surface area contributed by atoms with Gasteiger partial charge in [-0.1, -0.05) is 18.2 Å². The Morgan fingerprint density at radius 1 is 1.03 bits per heavy atom. The normalized spacial score (nSPS) is 14.2. The van der Waals surface area contributed by atoms with E-state index in [1.807, 2.05) is 32.0 Å². The third-order valence-corrected chi connectivity index (χ3v) is 6.32. The number of nitrogens with one attached hydrogen (secondary N) is 1. The van der Waals surface area contributed by atoms with Crippen LogP contribution in [0, 0.1) is 24.0 Å². The van der Waals surface area contributed by atoms with Gasteiger partial charge in [0, 0.05) is 17.8 Å². The first-order chi connectivity index (χ1) is 17.7. The lowest BCUT2D eigenvalue weighted by atomic mass is 10.1. The number of hydrogen-bond donors (Lipinski definition) is 1. The molecule has 0 unspecified atom stereocenters. The first-order valence-electron chi connectivity index (χ1n) is 11.3. The number of imide groups is 1. The number of nitro groups is 1. The lowest BCUT2D eigenvalue weighted by Crippen LogP contribution is -2.36. The van der Waals surface area contributed by atoms with Gasteiger partial charge in [-0.3, -0.25) is 29.4 Å². The number of thioether (sulfide) groups is 1. The molecular formula is C27H23N3O6S. The fourth-order valence-electron chi connectivity index (χ4n) is 3.72. The number of carbonyl (C=O) groups excluding carboxylic acids is 3. The quantitative estimate of drug-likeness (QED) is 0.239. The maximum atomic E-state index is 12.8. The molecule has 1 aliphatic rings. The molecule has 1 N–H and O–H groups in total. The topological polar surface area (TPSA) is 119 Å². The zero-order chi connectivity index (χ0) is 26.5. The van der Waals surface area contributed by atoms with Crippen molar-refractivity contribution in [2.24, 2.45) is 0 Å². The molecule has 1 aliphatic heterocycles. The maximum absolute atomic E-state index is 12.8. The first-order valence-corrected chi connectivity index (χ1v) is 12.1. The van der Waals surface area contributed by atoms with Crippen molar-refractivity contribution < 1.29 is 24.0 Å². The molecule has 0 bridgehead atoms. The summed E-state index contributed by atoms with van der Waals surface area (Å²) in [5.41, 5.74) is 4.08. The zero-order valence-corrected chi connectivity index (χ0v) is 20.9. The molecule has 1 heterocycles. The van der Waals surface area contributed by atoms with Gasteiger partial charge in [0.1, 0.15) is 18.9 Å². The van der Waals surface area contributed by atoms with Crippen molar-refractivity contribution in [3.05, 3.63) is 104 Å². The van der Waals surface area contributed by atoms with Crippen LogP contribution in [0.2, 0.25) is 0 Å². The highest BCUT2D eigenvalue weighted by atomic mass is 32.2. The second kappa shape index (κ2) is 11.1. The average Bonchev–Trinajstić information content (AvgIpc) is 3.10. The number of nitrogens with zero attached hydrogens (tertiary/aromatic N) is 2. The number of amides is 3. The van der Waals surface area contributed by atoms with E-state index in [1.54, 1.807) is 42.5 Å². The molecule has 0 aromatic heterocycles. The summed E-state index contributed by atoms with van der Waals surface area (Å²) in [5, 5.41) is 13.0. The van der Waals surface area contributed by atoms with Gasteiger partial charge in [-0.15, -0.1) is 0 Å². The molecule has 1 fully saturated rings. The Kier molecular flexibility index (Phi) is 7.69. The predicted molar refractivity (Wildman–Crippen MR) is 141 cm³/mol. The van der Waals surface area contributed by atoms with Gasteiger partial charge in [-0.25, -0.2) is 0 Å². The zero-order valence-electron chi connectivity index (χ0n) is 20.1. The number of aryl methyl sites for hydroxylation is 2. The van der Waals surface area contributed by atoms with E-state index in [4.69, 9.17) is 4.74 Å². The minimum absolute atomic E-state index is 0.0134. The second-order valence-electron chi connectivity index (χ2n) is 8.47. The van der Waals surface area contributed by atoms with Crippen molar-refractivity contribution in [3.63, 3.8) is 0 Å². The maximum Gasteiger partial charge on any atom is 0.294 e. The lowest BCUT2D eigenvalue weighted by molar-refractivity contribution is -0.384. The number of nitro benzene ring substituents is 1. The molecule has 0 aliphatic carbocycles. The Morgan fingerprint density at radius 3 is 2.30 bits per heavy atom. The fraction of sp³-hybridized carbons (Fsp3) is 0.148. The summed E-state index contributed by atoms with van der Waals surface area (Å²) in [7, 11) is 0. The molecule has 1 saturated heterocycles. The number of ether oxygens (including phenoxy) is 1. The van der Waals surface area contributed by atoms with Gasteiger partial charge in [0.2, 0.25) is 5.91 Å². The summed E-state index contributed by atoms with van der Waals surface area (Å²) < 4.78 is 5.71. The highest BCUT2D eigenvalue weighted by Crippen LogP contribution is 2.32. The van der Waals surface area contributed by atoms with E-state index in [0.29, 0.717) is 17.0 Å². The molecule has 37 heavy (non-hydrogen) atoms. The Balaban J connectivity index is 1.34. The number of non-ortho nitro benzene ring substituents is 1. The molecular weight excluding hydrogens is 494 g/mol. The lowest BCUT2D eigenvalue weighted by Gasteiger charge is -2.13. The molecule has 3 amide bonds. The van der Waals surface area contributed by atoms with Crippen LogP contribution in [0.15, 0.2) is 71.6 Å². The molecule has 188 valence electrons. The monoisotopic (exact) mass is 517 g/mol. The van der Waals surface area contributed by atoms with Crippen LogP contribution in [0.4, 0.5) is 16.2 Å². The van der Waals surface area contributed by atoms with Gasteiger partial charge >= 0.3 is 0 Å². The number of carbonyl (C=O) groups is 3. The van der Waals surface area contributed by atoms with Crippen LogP contribution in [0.25, 0.3) is 6.08 Å². The van der Waals surface area contributed by atoms with Crippen LogP contribution in [-0.4, -0.2) is 33.4 Å². The van der Waals surface area contributed by atoms with Crippen LogP contribution in [-0.2, 0) is 16.2 Å². The summed E-state index contributed by atoms with van der Waals surface area (Å²) in [6.07, 6.45) is 1.59. The summed E-state index contributed by atoms with van der Waals surface area (Å²) in [6.45, 7) is 3.70. The fourth-order valence-corrected chi connectivity index (χ4v) is 4.56. The van der Waals surface area contributed by atoms with Crippen LogP contribution in [0.5, 0.6) is 5.75 Å². The van der Waals surface area contributed by atoms with Gasteiger partial charge in [0.15, 0.2) is 0 Å². The van der Waals surface area contributed by atoms with Crippen LogP contribution in [0.1, 0.15) is 22.3 Å². The highest BCUT2D eigenvalue weighted by Gasteiger charge is 2.36. The van der Waals surface area contributed by atoms with E-state index in [1.165, 1.54) is 12.1 Å². The van der Waals surface area contributed by atoms with Gasteiger partial charge in [-0.05, 0) is 90.3 Å². The van der Waals surface area contributed by atoms with Crippen molar-refractivity contribution in [3.8, 4) is 5.75 Å². The van der Waals surface area contributed by atoms with Crippen molar-refractivity contribution in [2.45, 2.75) is 20.5 Å². The number of hydrogen-bond acceptors (Lipinski definition) is 7. The molecule has 10 heteroatoms. The van der Waals surface area contributed by atoms with Crippen molar-refractivity contribution >= 4 is 46.3 Å². The average molecular weight is 518 g/mol. The van der Waals surface area contributed by atoms with Crippen LogP contribution < -0.4 is 10.1 Å². The smallest absolute Gasteiger partial charge is 0.294 e. The minimum Gasteiger partial charge on any atom is -0.489 e. The van der Waals surface area contributed by atoms with Gasteiger partial charge in [-0.2, -0.15) is 0 Å². The summed E-state index contributed by atoms with van der Waals surface area (Å²) in [4.78, 5) is 49.1. The van der Waals surface area contributed by atoms with E-state index in [2.05, 4.69) is 5.32 Å². The van der Waals surface area contributed by atoms with E-state index in [0.717, 1.165) is 33.4 Å². The van der Waals surface area contributed by atoms with Crippen molar-refractivity contribution in [2.75, 3.05) is 11.9 Å². The summed E-state index contributed by atoms with van der Waals surface area (Å²) in [6, 6.07) is 18.6. The van der Waals surface area contributed by atoms with Crippen LogP contribution >= 0.6 is 11.8 Å². The van der Waals surface area contributed by atoms with E-state index < -0.39 is 22.0 Å². The summed E-state index contributed by atoms with van der Waals surface area (Å²) >= 11 is 0.784. The molecule has 0 spiro atoms. The Labute approximate surface area is 217 Å².